The average molecular weight is 314 g/mol. The van der Waals surface area contributed by atoms with Gasteiger partial charge in [-0.1, -0.05) is 29.8 Å². The van der Waals surface area contributed by atoms with Crippen molar-refractivity contribution in [3.63, 3.8) is 0 Å². The van der Waals surface area contributed by atoms with Crippen molar-refractivity contribution >= 4 is 33.7 Å². The number of non-ortho nitro benzene ring substituents is 1. The van der Waals surface area contributed by atoms with Crippen molar-refractivity contribution in [1.29, 1.82) is 0 Å². The minimum absolute atomic E-state index is 0.0476. The first kappa shape index (κ1) is 14.3. The summed E-state index contributed by atoms with van der Waals surface area (Å²) in [6.07, 6.45) is 3.13. The normalized spacial score (nSPS) is 10.6. The Morgan fingerprint density at radius 3 is 2.73 bits per heavy atom. The van der Waals surface area contributed by atoms with Crippen molar-refractivity contribution in [1.82, 2.24) is 4.98 Å². The summed E-state index contributed by atoms with van der Waals surface area (Å²) in [6, 6.07) is 12.5. The van der Waals surface area contributed by atoms with Crippen LogP contribution in [0.1, 0.15) is 5.56 Å². The number of halogens is 1. The molecule has 0 unspecified atom stereocenters. The summed E-state index contributed by atoms with van der Waals surface area (Å²) in [4.78, 5) is 14.7. The maximum atomic E-state index is 11.1. The molecule has 3 rings (SSSR count). The van der Waals surface area contributed by atoms with Crippen molar-refractivity contribution in [3.05, 3.63) is 75.6 Å². The first-order chi connectivity index (χ1) is 10.7. The lowest BCUT2D eigenvalue weighted by atomic mass is 10.1. The zero-order valence-electron chi connectivity index (χ0n) is 11.5. The van der Waals surface area contributed by atoms with Gasteiger partial charge in [-0.05, 0) is 23.8 Å². The van der Waals surface area contributed by atoms with Gasteiger partial charge >= 0.3 is 0 Å². The topological polar surface area (TPSA) is 68.1 Å². The molecule has 0 amide bonds. The number of aromatic nitrogens is 1. The summed E-state index contributed by atoms with van der Waals surface area (Å²) in [5, 5.41) is 16.3. The predicted molar refractivity (Wildman–Crippen MR) is 87.2 cm³/mol. The van der Waals surface area contributed by atoms with E-state index < -0.39 is 4.92 Å². The van der Waals surface area contributed by atoms with Gasteiger partial charge in [-0.2, -0.15) is 0 Å². The second-order valence-corrected chi connectivity index (χ2v) is 5.16. The minimum atomic E-state index is -0.401. The van der Waals surface area contributed by atoms with Gasteiger partial charge in [0.15, 0.2) is 0 Å². The van der Waals surface area contributed by atoms with Crippen LogP contribution >= 0.6 is 11.6 Å². The van der Waals surface area contributed by atoms with Crippen LogP contribution in [-0.2, 0) is 6.54 Å². The van der Waals surface area contributed by atoms with Crippen LogP contribution in [0.25, 0.3) is 10.8 Å². The molecule has 0 fully saturated rings. The third-order valence-corrected chi connectivity index (χ3v) is 3.79. The van der Waals surface area contributed by atoms with E-state index in [4.69, 9.17) is 11.6 Å². The largest absolute Gasteiger partial charge is 0.380 e. The maximum absolute atomic E-state index is 11.1. The Morgan fingerprint density at radius 2 is 1.95 bits per heavy atom. The Labute approximate surface area is 131 Å². The number of benzene rings is 2. The Morgan fingerprint density at radius 1 is 1.14 bits per heavy atom. The molecule has 0 atom stereocenters. The molecule has 0 aliphatic heterocycles. The van der Waals surface area contributed by atoms with Gasteiger partial charge in [-0.25, -0.2) is 0 Å². The Hall–Kier alpha value is -2.66. The van der Waals surface area contributed by atoms with E-state index in [2.05, 4.69) is 10.3 Å². The lowest BCUT2D eigenvalue weighted by Gasteiger charge is -2.11. The molecule has 110 valence electrons. The number of nitro groups is 1. The molecule has 0 bridgehead atoms. The molecule has 0 aliphatic carbocycles. The second kappa shape index (κ2) is 5.99. The highest BCUT2D eigenvalue weighted by Crippen LogP contribution is 2.31. The number of nitrogens with zero attached hydrogens (tertiary/aromatic N) is 2. The van der Waals surface area contributed by atoms with Crippen LogP contribution in [0.2, 0.25) is 5.02 Å². The van der Waals surface area contributed by atoms with Crippen LogP contribution < -0.4 is 5.32 Å². The van der Waals surface area contributed by atoms with Gasteiger partial charge in [0, 0.05) is 41.1 Å². The molecule has 5 nitrogen and oxygen atoms in total. The summed E-state index contributed by atoms with van der Waals surface area (Å²) in [6.45, 7) is 0.537. The highest BCUT2D eigenvalue weighted by molar-refractivity contribution is 6.31. The van der Waals surface area contributed by atoms with Crippen LogP contribution in [0.3, 0.4) is 0 Å². The highest BCUT2D eigenvalue weighted by atomic mass is 35.5. The first-order valence-electron chi connectivity index (χ1n) is 6.65. The average Bonchev–Trinajstić information content (AvgIpc) is 2.53. The maximum Gasteiger partial charge on any atom is 0.278 e. The van der Waals surface area contributed by atoms with E-state index in [1.165, 1.54) is 12.3 Å². The van der Waals surface area contributed by atoms with E-state index in [1.54, 1.807) is 18.3 Å². The number of anilines is 1. The number of pyridine rings is 1. The number of nitro benzene ring substituents is 1. The molecule has 0 aliphatic rings. The summed E-state index contributed by atoms with van der Waals surface area (Å²) in [7, 11) is 0. The molecule has 3 aromatic rings. The summed E-state index contributed by atoms with van der Waals surface area (Å²) in [5.41, 5.74) is 1.82. The van der Waals surface area contributed by atoms with Crippen molar-refractivity contribution in [3.8, 4) is 0 Å². The van der Waals surface area contributed by atoms with Crippen molar-refractivity contribution in [2.45, 2.75) is 6.54 Å². The third kappa shape index (κ3) is 2.71. The van der Waals surface area contributed by atoms with Crippen molar-refractivity contribution in [2.24, 2.45) is 0 Å². The van der Waals surface area contributed by atoms with Gasteiger partial charge in [-0.15, -0.1) is 0 Å². The second-order valence-electron chi connectivity index (χ2n) is 4.76. The summed E-state index contributed by atoms with van der Waals surface area (Å²) < 4.78 is 0. The fraction of sp³-hybridized carbons (Fsp3) is 0.0625. The van der Waals surface area contributed by atoms with E-state index in [0.717, 1.165) is 16.6 Å². The molecule has 1 aromatic heterocycles. The Balaban J connectivity index is 1.97. The molecular weight excluding hydrogens is 302 g/mol. The quantitative estimate of drug-likeness (QED) is 0.572. The Kier molecular flexibility index (Phi) is 3.89. The van der Waals surface area contributed by atoms with E-state index >= 15 is 0 Å². The lowest BCUT2D eigenvalue weighted by molar-refractivity contribution is -0.383. The summed E-state index contributed by atoms with van der Waals surface area (Å²) >= 11 is 6.14. The van der Waals surface area contributed by atoms with Crippen molar-refractivity contribution in [2.75, 3.05) is 5.32 Å². The zero-order chi connectivity index (χ0) is 15.5. The van der Waals surface area contributed by atoms with E-state index in [-0.39, 0.29) is 5.69 Å². The fourth-order valence-corrected chi connectivity index (χ4v) is 2.52. The van der Waals surface area contributed by atoms with Gasteiger partial charge in [0.25, 0.3) is 5.69 Å². The molecule has 0 saturated carbocycles. The van der Waals surface area contributed by atoms with Gasteiger partial charge in [-0.3, -0.25) is 15.1 Å². The van der Waals surface area contributed by atoms with E-state index in [9.17, 15) is 10.1 Å². The van der Waals surface area contributed by atoms with Gasteiger partial charge in [0.2, 0.25) is 0 Å². The monoisotopic (exact) mass is 313 g/mol. The van der Waals surface area contributed by atoms with E-state index in [0.29, 0.717) is 17.0 Å². The first-order valence-corrected chi connectivity index (χ1v) is 7.03. The molecule has 22 heavy (non-hydrogen) atoms. The number of fused-ring (bicyclic) bond motifs is 1. The molecule has 1 N–H and O–H groups in total. The van der Waals surface area contributed by atoms with Crippen LogP contribution in [0.4, 0.5) is 11.4 Å². The molecule has 2 aromatic carbocycles. The molecule has 0 radical (unpaired) electrons. The van der Waals surface area contributed by atoms with Crippen LogP contribution in [0.15, 0.2) is 54.9 Å². The number of hydrogen-bond acceptors (Lipinski definition) is 4. The number of nitrogens with one attached hydrogen (secondary N) is 1. The third-order valence-electron chi connectivity index (χ3n) is 3.42. The molecule has 0 saturated heterocycles. The fourth-order valence-electron chi connectivity index (χ4n) is 2.32. The van der Waals surface area contributed by atoms with Crippen LogP contribution in [-0.4, -0.2) is 9.91 Å². The highest BCUT2D eigenvalue weighted by Gasteiger charge is 2.14. The van der Waals surface area contributed by atoms with Crippen LogP contribution in [0, 0.1) is 10.1 Å². The molecule has 1 heterocycles. The van der Waals surface area contributed by atoms with E-state index in [1.807, 2.05) is 24.3 Å². The Bertz CT molecular complexity index is 852. The predicted octanol–water partition coefficient (Wildman–Crippen LogP) is 4.41. The minimum Gasteiger partial charge on any atom is -0.380 e. The standard InChI is InChI=1S/C16H12ClN3O2/c17-14-4-2-1-3-11(14)9-19-15-5-6-16(20(21)22)13-10-18-8-7-12(13)15/h1-8,10,19H,9H2. The molecular formula is C16H12ClN3O2. The zero-order valence-corrected chi connectivity index (χ0v) is 12.2. The SMILES string of the molecule is O=[N+]([O-])c1ccc(NCc2ccccc2Cl)c2ccncc12. The van der Waals surface area contributed by atoms with Gasteiger partial charge in [0.05, 0.1) is 10.3 Å². The van der Waals surface area contributed by atoms with Gasteiger partial charge < -0.3 is 5.32 Å². The lowest BCUT2D eigenvalue weighted by Crippen LogP contribution is -2.01. The summed E-state index contributed by atoms with van der Waals surface area (Å²) in [5.74, 6) is 0. The van der Waals surface area contributed by atoms with Crippen LogP contribution in [0.5, 0.6) is 0 Å². The van der Waals surface area contributed by atoms with Crippen molar-refractivity contribution < 1.29 is 4.92 Å². The number of hydrogen-bond donors (Lipinski definition) is 1. The van der Waals surface area contributed by atoms with Gasteiger partial charge in [0.1, 0.15) is 0 Å². The molecule has 0 spiro atoms. The molecule has 6 heteroatoms. The smallest absolute Gasteiger partial charge is 0.278 e. The number of rotatable bonds is 4.